The van der Waals surface area contributed by atoms with Gasteiger partial charge in [0.05, 0.1) is 0 Å². The third-order valence-corrected chi connectivity index (χ3v) is 3.79. The second-order valence-electron chi connectivity index (χ2n) is 4.13. The zero-order valence-corrected chi connectivity index (χ0v) is 11.1. The summed E-state index contributed by atoms with van der Waals surface area (Å²) in [6.45, 7) is 7.16. The lowest BCUT2D eigenvalue weighted by atomic mass is 10.3. The average molecular weight is 253 g/mol. The lowest BCUT2D eigenvalue weighted by molar-refractivity contribution is 0.769. The van der Waals surface area contributed by atoms with Gasteiger partial charge in [0.15, 0.2) is 0 Å². The summed E-state index contributed by atoms with van der Waals surface area (Å²) in [5, 5.41) is 3.82. The van der Waals surface area contributed by atoms with Gasteiger partial charge in [-0.05, 0) is 6.92 Å². The van der Waals surface area contributed by atoms with E-state index >= 15 is 0 Å². The Bertz CT molecular complexity index is 384. The highest BCUT2D eigenvalue weighted by molar-refractivity contribution is 8.00. The van der Waals surface area contributed by atoms with Crippen LogP contribution in [0, 0.1) is 0 Å². The molecule has 0 radical (unpaired) electrons. The van der Waals surface area contributed by atoms with Crippen LogP contribution >= 0.6 is 11.8 Å². The first-order chi connectivity index (χ1) is 8.19. The first-order valence-corrected chi connectivity index (χ1v) is 6.99. The number of thioether (sulfide) groups is 1. The molecule has 1 aliphatic rings. The third kappa shape index (κ3) is 3.15. The largest absolute Gasteiger partial charge is 0.370 e. The first kappa shape index (κ1) is 12.3. The van der Waals surface area contributed by atoms with Crippen molar-refractivity contribution in [3.05, 3.63) is 6.07 Å². The molecule has 6 heteroatoms. The highest BCUT2D eigenvalue weighted by Crippen LogP contribution is 2.24. The molecule has 0 aliphatic carbocycles. The van der Waals surface area contributed by atoms with Crippen molar-refractivity contribution >= 4 is 29.3 Å². The molecule has 1 fully saturated rings. The molecule has 0 aromatic carbocycles. The highest BCUT2D eigenvalue weighted by atomic mass is 32.2. The Morgan fingerprint density at radius 2 is 2.41 bits per heavy atom. The lowest BCUT2D eigenvalue weighted by Gasteiger charge is -2.31. The summed E-state index contributed by atoms with van der Waals surface area (Å²) in [7, 11) is 0. The minimum absolute atomic E-state index is 0.337. The smallest absolute Gasteiger partial charge is 0.223 e. The van der Waals surface area contributed by atoms with E-state index in [1.54, 1.807) is 0 Å². The number of hydrogen-bond donors (Lipinski definition) is 2. The number of nitrogen functional groups attached to an aromatic ring is 1. The van der Waals surface area contributed by atoms with Crippen molar-refractivity contribution in [3.8, 4) is 0 Å². The maximum Gasteiger partial charge on any atom is 0.223 e. The fourth-order valence-electron chi connectivity index (χ4n) is 1.91. The van der Waals surface area contributed by atoms with Gasteiger partial charge in [-0.2, -0.15) is 21.7 Å². The fourth-order valence-corrected chi connectivity index (χ4v) is 2.93. The Morgan fingerprint density at radius 3 is 3.12 bits per heavy atom. The molecule has 2 heterocycles. The molecule has 5 nitrogen and oxygen atoms in total. The second-order valence-corrected chi connectivity index (χ2v) is 5.67. The number of nitrogens with zero attached hydrogens (tertiary/aromatic N) is 3. The molecule has 1 aromatic rings. The quantitative estimate of drug-likeness (QED) is 0.849. The van der Waals surface area contributed by atoms with Crippen LogP contribution in [0.5, 0.6) is 0 Å². The van der Waals surface area contributed by atoms with Crippen molar-refractivity contribution < 1.29 is 0 Å². The van der Waals surface area contributed by atoms with Crippen molar-refractivity contribution in [1.82, 2.24) is 9.97 Å². The Balaban J connectivity index is 2.18. The normalized spacial score (nSPS) is 20.4. The number of anilines is 3. The molecule has 1 unspecified atom stereocenters. The molecule has 1 atom stereocenters. The highest BCUT2D eigenvalue weighted by Gasteiger charge is 2.18. The molecule has 0 bridgehead atoms. The number of nitrogens with one attached hydrogen (secondary N) is 1. The molecular formula is C11H19N5S. The van der Waals surface area contributed by atoms with Gasteiger partial charge >= 0.3 is 0 Å². The van der Waals surface area contributed by atoms with Crippen LogP contribution in [-0.4, -0.2) is 40.6 Å². The average Bonchev–Trinajstić information content (AvgIpc) is 2.28. The van der Waals surface area contributed by atoms with E-state index in [0.29, 0.717) is 11.2 Å². The predicted octanol–water partition coefficient (Wildman–Crippen LogP) is 1.43. The monoisotopic (exact) mass is 253 g/mol. The molecule has 1 aromatic heterocycles. The van der Waals surface area contributed by atoms with E-state index in [2.05, 4.69) is 27.1 Å². The molecule has 2 rings (SSSR count). The van der Waals surface area contributed by atoms with E-state index in [9.17, 15) is 0 Å². The first-order valence-electron chi connectivity index (χ1n) is 5.94. The van der Waals surface area contributed by atoms with E-state index < -0.39 is 0 Å². The number of nitrogens with two attached hydrogens (primary N) is 1. The van der Waals surface area contributed by atoms with Crippen molar-refractivity contribution in [2.24, 2.45) is 0 Å². The topological polar surface area (TPSA) is 67.1 Å². The second kappa shape index (κ2) is 5.44. The summed E-state index contributed by atoms with van der Waals surface area (Å²) in [5.74, 6) is 3.22. The maximum absolute atomic E-state index is 5.74. The molecule has 0 saturated carbocycles. The minimum Gasteiger partial charge on any atom is -0.370 e. The summed E-state index contributed by atoms with van der Waals surface area (Å²) in [6.07, 6.45) is 0. The Morgan fingerprint density at radius 1 is 1.59 bits per heavy atom. The SMILES string of the molecule is CCNc1cc(N2CCSC(C)C2)nc(N)n1. The molecule has 1 saturated heterocycles. The van der Waals surface area contributed by atoms with Crippen molar-refractivity contribution in [2.45, 2.75) is 19.1 Å². The fraction of sp³-hybridized carbons (Fsp3) is 0.636. The van der Waals surface area contributed by atoms with E-state index in [1.165, 1.54) is 0 Å². The summed E-state index contributed by atoms with van der Waals surface area (Å²) >= 11 is 2.00. The van der Waals surface area contributed by atoms with Gasteiger partial charge in [0.25, 0.3) is 0 Å². The van der Waals surface area contributed by atoms with Crippen LogP contribution in [0.25, 0.3) is 0 Å². The lowest BCUT2D eigenvalue weighted by Crippen LogP contribution is -2.37. The standard InChI is InChI=1S/C11H19N5S/c1-3-13-9-6-10(15-11(12)14-9)16-4-5-17-8(2)7-16/h6,8H,3-5,7H2,1-2H3,(H3,12,13,14,15). The van der Waals surface area contributed by atoms with Crippen LogP contribution in [0.3, 0.4) is 0 Å². The number of hydrogen-bond acceptors (Lipinski definition) is 6. The molecule has 94 valence electrons. The van der Waals surface area contributed by atoms with Gasteiger partial charge in [-0.25, -0.2) is 0 Å². The zero-order chi connectivity index (χ0) is 12.3. The van der Waals surface area contributed by atoms with Crippen LogP contribution in [0.15, 0.2) is 6.07 Å². The van der Waals surface area contributed by atoms with E-state index in [0.717, 1.165) is 37.0 Å². The van der Waals surface area contributed by atoms with Crippen LogP contribution in [0.1, 0.15) is 13.8 Å². The summed E-state index contributed by atoms with van der Waals surface area (Å²) in [4.78, 5) is 10.8. The van der Waals surface area contributed by atoms with Crippen molar-refractivity contribution in [3.63, 3.8) is 0 Å². The summed E-state index contributed by atoms with van der Waals surface area (Å²) in [6, 6.07) is 1.97. The molecule has 1 aliphatic heterocycles. The van der Waals surface area contributed by atoms with Crippen LogP contribution in [-0.2, 0) is 0 Å². The molecule has 0 spiro atoms. The molecule has 3 N–H and O–H groups in total. The van der Waals surface area contributed by atoms with Crippen molar-refractivity contribution in [2.75, 3.05) is 41.3 Å². The number of aromatic nitrogens is 2. The Labute approximate surface area is 106 Å². The Hall–Kier alpha value is -1.17. The summed E-state index contributed by atoms with van der Waals surface area (Å²) < 4.78 is 0. The van der Waals surface area contributed by atoms with Crippen LogP contribution in [0.2, 0.25) is 0 Å². The molecule has 17 heavy (non-hydrogen) atoms. The van der Waals surface area contributed by atoms with Gasteiger partial charge < -0.3 is 16.0 Å². The predicted molar refractivity (Wildman–Crippen MR) is 74.7 cm³/mol. The van der Waals surface area contributed by atoms with Gasteiger partial charge in [-0.1, -0.05) is 6.92 Å². The van der Waals surface area contributed by atoms with Gasteiger partial charge in [-0.3, -0.25) is 0 Å². The number of rotatable bonds is 3. The van der Waals surface area contributed by atoms with Crippen molar-refractivity contribution in [1.29, 1.82) is 0 Å². The van der Waals surface area contributed by atoms with Gasteiger partial charge in [0.2, 0.25) is 5.95 Å². The third-order valence-electron chi connectivity index (χ3n) is 2.65. The molecule has 0 amide bonds. The minimum atomic E-state index is 0.337. The maximum atomic E-state index is 5.74. The zero-order valence-electron chi connectivity index (χ0n) is 10.3. The van der Waals surface area contributed by atoms with Gasteiger partial charge in [-0.15, -0.1) is 0 Å². The Kier molecular flexibility index (Phi) is 3.93. The van der Waals surface area contributed by atoms with Gasteiger partial charge in [0, 0.05) is 36.7 Å². The van der Waals surface area contributed by atoms with E-state index in [4.69, 9.17) is 5.73 Å². The molecular weight excluding hydrogens is 234 g/mol. The van der Waals surface area contributed by atoms with Crippen LogP contribution < -0.4 is 16.0 Å². The van der Waals surface area contributed by atoms with E-state index in [-0.39, 0.29) is 0 Å². The van der Waals surface area contributed by atoms with Gasteiger partial charge in [0.1, 0.15) is 11.6 Å². The van der Waals surface area contributed by atoms with E-state index in [1.807, 2.05) is 24.8 Å². The summed E-state index contributed by atoms with van der Waals surface area (Å²) in [5.41, 5.74) is 5.74. The van der Waals surface area contributed by atoms with Crippen LogP contribution in [0.4, 0.5) is 17.6 Å².